The highest BCUT2D eigenvalue weighted by atomic mass is 32.2. The van der Waals surface area contributed by atoms with Crippen LogP contribution in [0, 0.1) is 5.82 Å². The predicted molar refractivity (Wildman–Crippen MR) is 113 cm³/mol. The molecule has 0 radical (unpaired) electrons. The second kappa shape index (κ2) is 8.12. The van der Waals surface area contributed by atoms with Crippen molar-refractivity contribution in [3.63, 3.8) is 0 Å². The summed E-state index contributed by atoms with van der Waals surface area (Å²) in [6, 6.07) is 11.6. The number of sulfonamides is 1. The zero-order chi connectivity index (χ0) is 21.4. The van der Waals surface area contributed by atoms with Crippen molar-refractivity contribution < 1.29 is 17.6 Å². The summed E-state index contributed by atoms with van der Waals surface area (Å²) in [5.41, 5.74) is 1.91. The maximum Gasteiger partial charge on any atom is 0.240 e. The summed E-state index contributed by atoms with van der Waals surface area (Å²) in [5.74, 6) is -0.233. The van der Waals surface area contributed by atoms with Crippen molar-refractivity contribution in [1.29, 1.82) is 0 Å². The number of rotatable bonds is 4. The molecule has 0 saturated heterocycles. The Bertz CT molecular complexity index is 1040. The van der Waals surface area contributed by atoms with Crippen LogP contribution in [0.5, 0.6) is 0 Å². The summed E-state index contributed by atoms with van der Waals surface area (Å²) in [7, 11) is -2.14. The molecule has 1 fully saturated rings. The van der Waals surface area contributed by atoms with E-state index in [4.69, 9.17) is 0 Å². The van der Waals surface area contributed by atoms with Crippen LogP contribution in [0.4, 0.5) is 4.39 Å². The number of hydrogen-bond donors (Lipinski definition) is 1. The molecule has 1 saturated carbocycles. The minimum absolute atomic E-state index is 0.0707. The molecule has 4 rings (SSSR count). The third-order valence-corrected chi connectivity index (χ3v) is 8.08. The third kappa shape index (κ3) is 3.65. The number of benzene rings is 2. The van der Waals surface area contributed by atoms with E-state index < -0.39 is 15.4 Å². The van der Waals surface area contributed by atoms with E-state index in [9.17, 15) is 17.6 Å². The van der Waals surface area contributed by atoms with Gasteiger partial charge in [0.25, 0.3) is 0 Å². The number of hydrogen-bond acceptors (Lipinski definition) is 3. The fourth-order valence-electron chi connectivity index (χ4n) is 4.96. The molecule has 2 aromatic rings. The Balaban J connectivity index is 1.67. The smallest absolute Gasteiger partial charge is 0.240 e. The van der Waals surface area contributed by atoms with Crippen molar-refractivity contribution in [2.24, 2.45) is 0 Å². The van der Waals surface area contributed by atoms with Gasteiger partial charge >= 0.3 is 0 Å². The van der Waals surface area contributed by atoms with Crippen LogP contribution in [0.15, 0.2) is 47.4 Å². The molecule has 2 aromatic carbocycles. The van der Waals surface area contributed by atoms with Crippen LogP contribution < -0.4 is 4.72 Å². The van der Waals surface area contributed by atoms with Gasteiger partial charge in [0, 0.05) is 13.1 Å². The van der Waals surface area contributed by atoms with Crippen LogP contribution in [0.25, 0.3) is 0 Å². The molecule has 1 heterocycles. The van der Waals surface area contributed by atoms with E-state index in [-0.39, 0.29) is 11.7 Å². The monoisotopic (exact) mass is 430 g/mol. The number of fused-ring (bicyclic) bond motifs is 1. The van der Waals surface area contributed by atoms with Crippen molar-refractivity contribution in [3.05, 3.63) is 65.0 Å². The van der Waals surface area contributed by atoms with Gasteiger partial charge in [0.15, 0.2) is 0 Å². The van der Waals surface area contributed by atoms with Gasteiger partial charge in [-0.1, -0.05) is 43.5 Å². The Hall–Kier alpha value is -2.25. The van der Waals surface area contributed by atoms with Gasteiger partial charge in [0.1, 0.15) is 5.82 Å². The van der Waals surface area contributed by atoms with Crippen molar-refractivity contribution >= 4 is 15.9 Å². The Kier molecular flexibility index (Phi) is 5.68. The van der Waals surface area contributed by atoms with Crippen LogP contribution in [0.1, 0.15) is 48.8 Å². The molecule has 7 heteroatoms. The van der Waals surface area contributed by atoms with Crippen molar-refractivity contribution in [2.75, 3.05) is 13.6 Å². The first-order valence-electron chi connectivity index (χ1n) is 10.5. The molecule has 1 aliphatic heterocycles. The van der Waals surface area contributed by atoms with E-state index in [2.05, 4.69) is 4.72 Å². The SMILES string of the molecule is CNS(=O)(=O)c1cccc2c1CCN(C(=O)C1(c3ccc(F)cc3)CCCCC1)C2. The normalized spacial score (nSPS) is 18.7. The van der Waals surface area contributed by atoms with Gasteiger partial charge in [0.2, 0.25) is 15.9 Å². The lowest BCUT2D eigenvalue weighted by molar-refractivity contribution is -0.140. The van der Waals surface area contributed by atoms with Gasteiger partial charge in [-0.3, -0.25) is 4.79 Å². The molecule has 30 heavy (non-hydrogen) atoms. The number of halogens is 1. The van der Waals surface area contributed by atoms with Gasteiger partial charge in [-0.15, -0.1) is 0 Å². The minimum atomic E-state index is -3.55. The Labute approximate surface area is 177 Å². The van der Waals surface area contributed by atoms with Crippen molar-refractivity contribution in [3.8, 4) is 0 Å². The Morgan fingerprint density at radius 1 is 1.07 bits per heavy atom. The number of nitrogens with zero attached hydrogens (tertiary/aromatic N) is 1. The zero-order valence-corrected chi connectivity index (χ0v) is 18.0. The molecular formula is C23H27FN2O3S. The lowest BCUT2D eigenvalue weighted by Gasteiger charge is -2.42. The number of nitrogens with one attached hydrogen (secondary N) is 1. The lowest BCUT2D eigenvalue weighted by atomic mass is 9.68. The van der Waals surface area contributed by atoms with E-state index in [1.165, 1.54) is 19.2 Å². The second-order valence-electron chi connectivity index (χ2n) is 8.23. The number of carbonyl (C=O) groups excluding carboxylic acids is 1. The largest absolute Gasteiger partial charge is 0.337 e. The minimum Gasteiger partial charge on any atom is -0.337 e. The molecule has 2 aliphatic rings. The fraction of sp³-hybridized carbons (Fsp3) is 0.435. The Morgan fingerprint density at radius 2 is 1.77 bits per heavy atom. The van der Waals surface area contributed by atoms with Gasteiger partial charge < -0.3 is 4.90 Å². The first-order chi connectivity index (χ1) is 14.4. The molecule has 0 aromatic heterocycles. The molecule has 1 amide bonds. The summed E-state index contributed by atoms with van der Waals surface area (Å²) in [6.07, 6.45) is 5.06. The van der Waals surface area contributed by atoms with Crippen molar-refractivity contribution in [2.45, 2.75) is 55.4 Å². The molecule has 0 atom stereocenters. The molecular weight excluding hydrogens is 403 g/mol. The van der Waals surface area contributed by atoms with E-state index in [1.54, 1.807) is 24.3 Å². The number of carbonyl (C=O) groups is 1. The quantitative estimate of drug-likeness (QED) is 0.807. The van der Waals surface area contributed by atoms with Gasteiger partial charge in [-0.25, -0.2) is 17.5 Å². The molecule has 1 N–H and O–H groups in total. The first kappa shape index (κ1) is 21.0. The van der Waals surface area contributed by atoms with Crippen molar-refractivity contribution in [1.82, 2.24) is 9.62 Å². The summed E-state index contributed by atoms with van der Waals surface area (Å²) < 4.78 is 40.7. The zero-order valence-electron chi connectivity index (χ0n) is 17.2. The highest BCUT2D eigenvalue weighted by molar-refractivity contribution is 7.89. The maximum atomic E-state index is 13.8. The standard InChI is InChI=1S/C23H27FN2O3S/c1-25-30(28,29)21-7-5-6-17-16-26(15-12-20(17)21)22(27)23(13-3-2-4-14-23)18-8-10-19(24)11-9-18/h5-11,25H,2-4,12-16H2,1H3. The Morgan fingerprint density at radius 3 is 2.43 bits per heavy atom. The molecule has 160 valence electrons. The van der Waals surface area contributed by atoms with E-state index in [1.807, 2.05) is 11.0 Å². The average Bonchev–Trinajstić information content (AvgIpc) is 2.78. The topological polar surface area (TPSA) is 66.5 Å². The summed E-state index contributed by atoms with van der Waals surface area (Å²) in [6.45, 7) is 0.870. The molecule has 0 spiro atoms. The number of amides is 1. The molecule has 0 bridgehead atoms. The van der Waals surface area contributed by atoms with Gasteiger partial charge in [-0.05, 0) is 61.2 Å². The van der Waals surface area contributed by atoms with E-state index >= 15 is 0 Å². The highest BCUT2D eigenvalue weighted by Crippen LogP contribution is 2.42. The molecule has 0 unspecified atom stereocenters. The van der Waals surface area contributed by atoms with Gasteiger partial charge in [0.05, 0.1) is 10.3 Å². The third-order valence-electron chi connectivity index (χ3n) is 6.58. The lowest BCUT2D eigenvalue weighted by Crippen LogP contribution is -2.49. The molecule has 1 aliphatic carbocycles. The predicted octanol–water partition coefficient (Wildman–Crippen LogP) is 3.52. The van der Waals surface area contributed by atoms with Crippen LogP contribution in [-0.2, 0) is 33.2 Å². The van der Waals surface area contributed by atoms with E-state index in [0.29, 0.717) is 24.4 Å². The summed E-state index contributed by atoms with van der Waals surface area (Å²) in [5, 5.41) is 0. The van der Waals surface area contributed by atoms with E-state index in [0.717, 1.165) is 48.8 Å². The van der Waals surface area contributed by atoms with Crippen LogP contribution >= 0.6 is 0 Å². The summed E-state index contributed by atoms with van der Waals surface area (Å²) >= 11 is 0. The second-order valence-corrected chi connectivity index (χ2v) is 10.1. The first-order valence-corrected chi connectivity index (χ1v) is 12.0. The average molecular weight is 431 g/mol. The maximum absolute atomic E-state index is 13.8. The molecule has 5 nitrogen and oxygen atoms in total. The van der Waals surface area contributed by atoms with Crippen LogP contribution in [0.3, 0.4) is 0 Å². The van der Waals surface area contributed by atoms with Crippen LogP contribution in [-0.4, -0.2) is 32.8 Å². The highest BCUT2D eigenvalue weighted by Gasteiger charge is 2.44. The fourth-order valence-corrected chi connectivity index (χ4v) is 6.00. The van der Waals surface area contributed by atoms with Crippen LogP contribution in [0.2, 0.25) is 0 Å². The van der Waals surface area contributed by atoms with Gasteiger partial charge in [-0.2, -0.15) is 0 Å². The summed E-state index contributed by atoms with van der Waals surface area (Å²) in [4.78, 5) is 16.0.